The molecule has 10 heterocycles. The number of hydrogen-bond acceptors (Lipinski definition) is 18. The Morgan fingerprint density at radius 3 is 1.36 bits per heavy atom. The molecule has 0 radical (unpaired) electrons. The van der Waals surface area contributed by atoms with Crippen LogP contribution < -0.4 is 32.3 Å². The average molecular weight is 1990 g/mol. The first-order valence-electron chi connectivity index (χ1n) is 39.5. The molecule has 132 heavy (non-hydrogen) atoms. The molecule has 5 aromatic carbocycles. The first-order valence-corrected chi connectivity index (χ1v) is 44.8. The van der Waals surface area contributed by atoms with Crippen LogP contribution in [0.15, 0.2) is 162 Å². The zero-order chi connectivity index (χ0) is 96.9. The maximum Gasteiger partial charge on any atom is 0.471 e. The molecule has 8 aromatic heterocycles. The number of nitrogen functional groups attached to an aromatic ring is 1. The van der Waals surface area contributed by atoms with Gasteiger partial charge < -0.3 is 35.8 Å². The number of nitrogens with zero attached hydrogens (tertiary/aromatic N) is 16. The fraction of sp³-hybridized carbons (Fsp3) is 0.282. The van der Waals surface area contributed by atoms with Crippen LogP contribution in [0, 0.1) is 81.1 Å². The zero-order valence-electron chi connectivity index (χ0n) is 71.3. The van der Waals surface area contributed by atoms with Crippen LogP contribution in [0.4, 0.5) is 46.6 Å². The molecule has 2 aliphatic heterocycles. The van der Waals surface area contributed by atoms with Crippen LogP contribution >= 0.6 is 69.6 Å². The summed E-state index contributed by atoms with van der Waals surface area (Å²) in [7, 11) is -4.59. The van der Waals surface area contributed by atoms with Crippen LogP contribution in [-0.4, -0.2) is 179 Å². The van der Waals surface area contributed by atoms with Crippen LogP contribution in [0.3, 0.4) is 0 Å². The minimum Gasteiger partial charge on any atom is -0.461 e. The van der Waals surface area contributed by atoms with Crippen molar-refractivity contribution in [2.24, 2.45) is 31.9 Å². The van der Waals surface area contributed by atoms with Crippen molar-refractivity contribution in [2.75, 3.05) is 64.2 Å². The molecule has 0 bridgehead atoms. The first-order chi connectivity index (χ1) is 62.0. The molecule has 13 aromatic rings. The van der Waals surface area contributed by atoms with Crippen LogP contribution in [0.1, 0.15) is 93.9 Å². The Balaban J connectivity index is 0.000000152. The van der Waals surface area contributed by atoms with Crippen molar-refractivity contribution in [2.45, 2.75) is 92.4 Å². The van der Waals surface area contributed by atoms with Gasteiger partial charge in [-0.1, -0.05) is 81.7 Å². The number of aromatic amines is 1. The Bertz CT molecular complexity index is 6860. The summed E-state index contributed by atoms with van der Waals surface area (Å²) in [5.74, 6) is 3.10. The van der Waals surface area contributed by atoms with E-state index in [4.69, 9.17) is 112 Å². The van der Waals surface area contributed by atoms with Gasteiger partial charge in [0.2, 0.25) is 0 Å². The lowest BCUT2D eigenvalue weighted by molar-refractivity contribution is -0.202. The lowest BCUT2D eigenvalue weighted by Crippen LogP contribution is -2.69. The van der Waals surface area contributed by atoms with Gasteiger partial charge in [0.05, 0.1) is 19.8 Å². The molecular formula is C85H83Cl6F8N21O10S2. The quantitative estimate of drug-likeness (QED) is 0.0169. The third-order valence-electron chi connectivity index (χ3n) is 21.5. The SMILES string of the molecule is CCOC(=O)c1c(C)cc(Cl)n1N.CCOC(=O)c1c(C)cc(Cl)n1N=C(N)c1ccc(F)cc1.CN(C1CC2(C1)CN(C(=O)C(F)(F)F)C2)S(N)(=O)=O.Cc1cc(Cl)n2nc(-c3ccc(F)cc3)[nH]c(=O)c12.Cc1cc(Cl)n2nc(-c3ccc(F)cc3)nc(Cl)c12.Cc1cc(Cl)n2nc(-c3ccc(F)cc3)nc(N3CC4(CC(N(C)S(N)(=O)=O)C4)C3)c12.[C-]#[N+]c1ccc(F)cc1. The number of H-pyrrole nitrogens is 1. The van der Waals surface area contributed by atoms with Crippen LogP contribution in [-0.2, 0) is 34.7 Å². The standard InChI is InChI=1S/C20H22ClFN6O2S.C15H15ClFN3O2.C13H8Cl2FN3.C13H9ClFN3O.C9H14F3N3O3S.C8H11ClN2O2.C7H4FN/c1-12-7-16(21)28-17(12)19(24-18(25-28)13-3-5-14(22)6-4-13)27-10-20(11-27)8-15(9-20)26(2)31(23,29)30;1-3-22-15(21)13-9(2)8-12(16)20(13)19-14(18)10-4-6-11(17)7-5-10;1-7-6-10(14)19-11(7)12(15)17-13(18-19)8-2-4-9(16)5-3-8;1-7-6-10(14)18-11(7)13(19)16-12(17-18)8-2-4-9(15)5-3-8;1-14(19(13,17)18)6-2-8(3-6)4-15(5-8)7(16)9(10,11)12;1-3-13-8(12)7-5(2)4-6(9)11(7)10;1-9-7-4-2-6(8)3-5-7/h3-7,15H,8-11H2,1-2H3,(H2,23,29,30);4-8H,3H2,1-2H3,(H2,18,19);2-6H,1H3;2-6H,1H3,(H,16,17,19);6H,2-5H2,1H3,(H2,13,17,18);4H,3,10H2,1-2H3;2-5H. The Kier molecular flexibility index (Phi) is 31.4. The molecule has 2 saturated heterocycles. The van der Waals surface area contributed by atoms with E-state index in [1.54, 1.807) is 99.8 Å². The molecule has 0 atom stereocenters. The number of nitrogens with one attached hydrogen (secondary N) is 1. The van der Waals surface area contributed by atoms with E-state index in [9.17, 15) is 71.1 Å². The number of alkyl halides is 3. The highest BCUT2D eigenvalue weighted by Crippen LogP contribution is 2.53. The van der Waals surface area contributed by atoms with E-state index < -0.39 is 44.4 Å². The van der Waals surface area contributed by atoms with E-state index in [0.717, 1.165) is 67.8 Å². The van der Waals surface area contributed by atoms with Gasteiger partial charge in [-0.25, -0.2) is 79.5 Å². The predicted octanol–water partition coefficient (Wildman–Crippen LogP) is 15.9. The monoisotopic (exact) mass is 1980 g/mol. The zero-order valence-corrected chi connectivity index (χ0v) is 77.5. The molecule has 1 amide bonds. The largest absolute Gasteiger partial charge is 0.471 e. The van der Waals surface area contributed by atoms with E-state index in [-0.39, 0.29) is 93.9 Å². The second-order valence-corrected chi connectivity index (χ2v) is 36.5. The number of amides is 1. The Hall–Kier alpha value is -11.8. The van der Waals surface area contributed by atoms with Gasteiger partial charge in [0, 0.05) is 85.4 Å². The number of hydrogen-bond donors (Lipinski definition) is 5. The molecular weight excluding hydrogens is 1900 g/mol. The van der Waals surface area contributed by atoms with Gasteiger partial charge in [0.25, 0.3) is 26.0 Å². The second-order valence-electron chi connectivity index (χ2n) is 31.0. The highest BCUT2D eigenvalue weighted by atomic mass is 35.5. The number of carbonyl (C=O) groups excluding carboxylic acids is 3. The summed E-state index contributed by atoms with van der Waals surface area (Å²) in [4.78, 5) is 64.0. The summed E-state index contributed by atoms with van der Waals surface area (Å²) >= 11 is 36.5. The lowest BCUT2D eigenvalue weighted by atomic mass is 9.60. The Labute approximate surface area is 780 Å². The summed E-state index contributed by atoms with van der Waals surface area (Å²) in [6.07, 6.45) is -2.45. The number of fused-ring (bicyclic) bond motifs is 3. The molecule has 17 rings (SSSR count). The van der Waals surface area contributed by atoms with E-state index in [0.29, 0.717) is 118 Å². The second kappa shape index (κ2) is 41.1. The number of aromatic nitrogens is 11. The van der Waals surface area contributed by atoms with Crippen LogP contribution in [0.25, 0.3) is 55.6 Å². The maximum absolute atomic E-state index is 13.4. The maximum atomic E-state index is 13.4. The van der Waals surface area contributed by atoms with Crippen LogP contribution in [0.5, 0.6) is 0 Å². The molecule has 31 nitrogen and oxygen atoms in total. The number of amidine groups is 1. The number of aryl methyl sites for hydroxylation is 5. The fourth-order valence-corrected chi connectivity index (χ4v) is 17.7. The number of rotatable bonds is 14. The number of carbonyl (C=O) groups is 3. The van der Waals surface area contributed by atoms with Crippen molar-refractivity contribution in [1.29, 1.82) is 0 Å². The summed E-state index contributed by atoms with van der Waals surface area (Å²) in [6.45, 7) is 21.2. The highest BCUT2D eigenvalue weighted by molar-refractivity contribution is 7.87. The molecule has 2 spiro atoms. The van der Waals surface area contributed by atoms with Gasteiger partial charge in [-0.15, -0.1) is 20.4 Å². The molecule has 9 N–H and O–H groups in total. The number of ether oxygens (including phenoxy) is 2. The molecule has 2 aliphatic carbocycles. The molecule has 4 aliphatic rings. The minimum absolute atomic E-state index is 0.0281. The summed E-state index contributed by atoms with van der Waals surface area (Å²) in [5, 5.41) is 29.7. The molecule has 2 saturated carbocycles. The summed E-state index contributed by atoms with van der Waals surface area (Å²) < 4.78 is 165. The Morgan fingerprint density at radius 1 is 0.545 bits per heavy atom. The molecule has 698 valence electrons. The van der Waals surface area contributed by atoms with Crippen molar-refractivity contribution >= 4 is 142 Å². The fourth-order valence-electron chi connectivity index (χ4n) is 14.9. The summed E-state index contributed by atoms with van der Waals surface area (Å²) in [5.41, 5.74) is 14.7. The number of anilines is 1. The van der Waals surface area contributed by atoms with Gasteiger partial charge in [0.1, 0.15) is 71.4 Å². The normalized spacial score (nSPS) is 14.4. The third-order valence-corrected chi connectivity index (χ3v) is 25.4. The van der Waals surface area contributed by atoms with Crippen molar-refractivity contribution in [3.63, 3.8) is 0 Å². The van der Waals surface area contributed by atoms with E-state index >= 15 is 0 Å². The lowest BCUT2D eigenvalue weighted by Gasteiger charge is -2.60. The number of likely N-dealkylation sites (tertiary alicyclic amines) is 1. The third kappa shape index (κ3) is 23.3. The van der Waals surface area contributed by atoms with Crippen molar-refractivity contribution in [3.8, 4) is 34.2 Å². The molecule has 4 fully saturated rings. The van der Waals surface area contributed by atoms with Crippen molar-refractivity contribution < 1.29 is 75.8 Å². The first kappa shape index (κ1) is 101. The van der Waals surface area contributed by atoms with E-state index in [2.05, 4.69) is 40.1 Å². The summed E-state index contributed by atoms with van der Waals surface area (Å²) in [6, 6.07) is 36.7. The van der Waals surface area contributed by atoms with Gasteiger partial charge in [-0.2, -0.15) is 38.6 Å². The molecule has 47 heteroatoms. The number of esters is 2. The molecule has 0 unspecified atom stereocenters. The topological polar surface area (TPSA) is 392 Å². The smallest absolute Gasteiger partial charge is 0.461 e. The van der Waals surface area contributed by atoms with Gasteiger partial charge in [0.15, 0.2) is 51.4 Å². The van der Waals surface area contributed by atoms with Gasteiger partial charge in [-0.05, 0) is 241 Å². The van der Waals surface area contributed by atoms with Crippen LogP contribution in [0.2, 0.25) is 30.9 Å². The number of halogens is 14. The predicted molar refractivity (Wildman–Crippen MR) is 485 cm³/mol. The van der Waals surface area contributed by atoms with Crippen molar-refractivity contribution in [1.82, 2.24) is 66.7 Å². The average Bonchev–Trinajstić information content (AvgIpc) is 1.15. The van der Waals surface area contributed by atoms with Gasteiger partial charge >= 0.3 is 24.0 Å². The number of nitrogens with two attached hydrogens (primary N) is 4. The van der Waals surface area contributed by atoms with E-state index in [1.165, 1.54) is 117 Å². The minimum atomic E-state index is -4.85. The number of benzene rings is 5. The van der Waals surface area contributed by atoms with Crippen molar-refractivity contribution in [3.05, 3.63) is 278 Å². The Morgan fingerprint density at radius 2 is 0.924 bits per heavy atom. The van der Waals surface area contributed by atoms with E-state index in [1.807, 2.05) is 19.9 Å². The highest BCUT2D eigenvalue weighted by Gasteiger charge is 2.59. The van der Waals surface area contributed by atoms with Gasteiger partial charge in [-0.3, -0.25) is 9.59 Å².